The zero-order valence-electron chi connectivity index (χ0n) is 9.85. The number of amides is 1. The van der Waals surface area contributed by atoms with Crippen LogP contribution in [0.4, 0.5) is 0 Å². The Morgan fingerprint density at radius 2 is 2.12 bits per heavy atom. The summed E-state index contributed by atoms with van der Waals surface area (Å²) in [6, 6.07) is -0.161. The van der Waals surface area contributed by atoms with Crippen LogP contribution < -0.4 is 5.73 Å². The van der Waals surface area contributed by atoms with E-state index in [1.54, 1.807) is 4.90 Å². The minimum Gasteiger partial charge on any atom is -0.481 e. The van der Waals surface area contributed by atoms with Crippen molar-refractivity contribution in [2.75, 3.05) is 13.1 Å². The van der Waals surface area contributed by atoms with Crippen molar-refractivity contribution in [3.8, 4) is 0 Å². The standard InChI is InChI=1S/C11H20N2O3/c1-7(8(2)12)11(16)13-4-3-9(6-13)5-10(14)15/h7-9H,3-6,12H2,1-2H3,(H,14,15). The Balaban J connectivity index is 2.46. The van der Waals surface area contributed by atoms with Crippen LogP contribution in [-0.2, 0) is 9.59 Å². The van der Waals surface area contributed by atoms with E-state index in [-0.39, 0.29) is 30.2 Å². The monoisotopic (exact) mass is 228 g/mol. The van der Waals surface area contributed by atoms with Gasteiger partial charge in [0.2, 0.25) is 5.91 Å². The maximum atomic E-state index is 11.9. The summed E-state index contributed by atoms with van der Waals surface area (Å²) in [6.07, 6.45) is 0.931. The number of hydrogen-bond donors (Lipinski definition) is 2. The molecule has 92 valence electrons. The van der Waals surface area contributed by atoms with Gasteiger partial charge in [-0.2, -0.15) is 0 Å². The van der Waals surface area contributed by atoms with Crippen LogP contribution in [0.25, 0.3) is 0 Å². The molecule has 1 aliphatic heterocycles. The molecular formula is C11H20N2O3. The van der Waals surface area contributed by atoms with Crippen LogP contribution in [0, 0.1) is 11.8 Å². The maximum absolute atomic E-state index is 11.9. The molecule has 3 unspecified atom stereocenters. The lowest BCUT2D eigenvalue weighted by molar-refractivity contribution is -0.139. The molecule has 16 heavy (non-hydrogen) atoms. The lowest BCUT2D eigenvalue weighted by Crippen LogP contribution is -2.40. The van der Waals surface area contributed by atoms with E-state index in [2.05, 4.69) is 0 Å². The summed E-state index contributed by atoms with van der Waals surface area (Å²) in [5.41, 5.74) is 5.68. The number of rotatable bonds is 4. The molecular weight excluding hydrogens is 208 g/mol. The van der Waals surface area contributed by atoms with Crippen LogP contribution in [0.3, 0.4) is 0 Å². The average Bonchev–Trinajstić information content (AvgIpc) is 2.62. The topological polar surface area (TPSA) is 83.6 Å². The second kappa shape index (κ2) is 5.30. The summed E-state index contributed by atoms with van der Waals surface area (Å²) in [4.78, 5) is 24.2. The Hall–Kier alpha value is -1.10. The van der Waals surface area contributed by atoms with Crippen molar-refractivity contribution < 1.29 is 14.7 Å². The molecule has 0 saturated carbocycles. The van der Waals surface area contributed by atoms with Gasteiger partial charge in [0.15, 0.2) is 0 Å². The average molecular weight is 228 g/mol. The first kappa shape index (κ1) is 13.0. The molecule has 3 atom stereocenters. The van der Waals surface area contributed by atoms with Gasteiger partial charge in [0.25, 0.3) is 0 Å². The van der Waals surface area contributed by atoms with Crippen LogP contribution in [0.1, 0.15) is 26.7 Å². The SMILES string of the molecule is CC(N)C(C)C(=O)N1CCC(CC(=O)O)C1. The van der Waals surface area contributed by atoms with E-state index in [1.807, 2.05) is 13.8 Å². The van der Waals surface area contributed by atoms with Gasteiger partial charge in [0.1, 0.15) is 0 Å². The van der Waals surface area contributed by atoms with Crippen molar-refractivity contribution in [2.45, 2.75) is 32.7 Å². The summed E-state index contributed by atoms with van der Waals surface area (Å²) < 4.78 is 0. The van der Waals surface area contributed by atoms with Crippen molar-refractivity contribution in [1.29, 1.82) is 0 Å². The molecule has 0 aliphatic carbocycles. The van der Waals surface area contributed by atoms with Gasteiger partial charge < -0.3 is 15.7 Å². The van der Waals surface area contributed by atoms with E-state index in [1.165, 1.54) is 0 Å². The van der Waals surface area contributed by atoms with Gasteiger partial charge in [-0.1, -0.05) is 6.92 Å². The fourth-order valence-corrected chi connectivity index (χ4v) is 1.96. The first-order valence-electron chi connectivity index (χ1n) is 5.68. The van der Waals surface area contributed by atoms with Crippen LogP contribution >= 0.6 is 0 Å². The third-order valence-electron chi connectivity index (χ3n) is 3.24. The lowest BCUT2D eigenvalue weighted by atomic mass is 10.0. The number of carbonyl (C=O) groups is 2. The molecule has 5 heteroatoms. The molecule has 1 saturated heterocycles. The molecule has 1 heterocycles. The predicted molar refractivity (Wildman–Crippen MR) is 59.8 cm³/mol. The molecule has 0 spiro atoms. The highest BCUT2D eigenvalue weighted by Crippen LogP contribution is 2.21. The number of hydrogen-bond acceptors (Lipinski definition) is 3. The van der Waals surface area contributed by atoms with E-state index in [4.69, 9.17) is 10.8 Å². The van der Waals surface area contributed by atoms with Crippen LogP contribution in [-0.4, -0.2) is 41.0 Å². The van der Waals surface area contributed by atoms with Gasteiger partial charge >= 0.3 is 5.97 Å². The molecule has 3 N–H and O–H groups in total. The van der Waals surface area contributed by atoms with Crippen molar-refractivity contribution in [3.05, 3.63) is 0 Å². The van der Waals surface area contributed by atoms with Gasteiger partial charge in [-0.25, -0.2) is 0 Å². The lowest BCUT2D eigenvalue weighted by Gasteiger charge is -2.23. The first-order chi connectivity index (χ1) is 7.41. The second-order valence-electron chi connectivity index (χ2n) is 4.68. The first-order valence-corrected chi connectivity index (χ1v) is 5.68. The fraction of sp³-hybridized carbons (Fsp3) is 0.818. The zero-order valence-corrected chi connectivity index (χ0v) is 9.85. The smallest absolute Gasteiger partial charge is 0.303 e. The van der Waals surface area contributed by atoms with E-state index >= 15 is 0 Å². The Morgan fingerprint density at radius 3 is 2.62 bits per heavy atom. The predicted octanol–water partition coefficient (Wildman–Crippen LogP) is 0.293. The Bertz CT molecular complexity index is 278. The van der Waals surface area contributed by atoms with Crippen molar-refractivity contribution in [2.24, 2.45) is 17.6 Å². The molecule has 5 nitrogen and oxygen atoms in total. The summed E-state index contributed by atoms with van der Waals surface area (Å²) in [5, 5.41) is 8.67. The van der Waals surface area contributed by atoms with Crippen molar-refractivity contribution >= 4 is 11.9 Å². The number of carboxylic acid groups (broad SMARTS) is 1. The van der Waals surface area contributed by atoms with Crippen molar-refractivity contribution in [1.82, 2.24) is 4.90 Å². The third kappa shape index (κ3) is 3.20. The molecule has 0 radical (unpaired) electrons. The molecule has 0 bridgehead atoms. The Morgan fingerprint density at radius 1 is 1.50 bits per heavy atom. The van der Waals surface area contributed by atoms with E-state index in [0.717, 1.165) is 6.42 Å². The largest absolute Gasteiger partial charge is 0.481 e. The second-order valence-corrected chi connectivity index (χ2v) is 4.68. The molecule has 1 amide bonds. The van der Waals surface area contributed by atoms with Gasteiger partial charge in [-0.05, 0) is 19.3 Å². The van der Waals surface area contributed by atoms with Gasteiger partial charge in [0, 0.05) is 25.6 Å². The van der Waals surface area contributed by atoms with E-state index < -0.39 is 5.97 Å². The van der Waals surface area contributed by atoms with Crippen LogP contribution in [0.2, 0.25) is 0 Å². The van der Waals surface area contributed by atoms with Crippen LogP contribution in [0.15, 0.2) is 0 Å². The number of likely N-dealkylation sites (tertiary alicyclic amines) is 1. The molecule has 0 aromatic rings. The highest BCUT2D eigenvalue weighted by Gasteiger charge is 2.30. The molecule has 1 aliphatic rings. The number of aliphatic carboxylic acids is 1. The number of nitrogens with zero attached hydrogens (tertiary/aromatic N) is 1. The Labute approximate surface area is 95.6 Å². The van der Waals surface area contributed by atoms with E-state index in [0.29, 0.717) is 13.1 Å². The molecule has 0 aromatic heterocycles. The molecule has 0 aromatic carbocycles. The Kier molecular flexibility index (Phi) is 4.29. The number of carbonyl (C=O) groups excluding carboxylic acids is 1. The summed E-state index contributed by atoms with van der Waals surface area (Å²) in [6.45, 7) is 4.85. The highest BCUT2D eigenvalue weighted by molar-refractivity contribution is 5.79. The number of nitrogens with two attached hydrogens (primary N) is 1. The number of carboxylic acids is 1. The quantitative estimate of drug-likeness (QED) is 0.724. The zero-order chi connectivity index (χ0) is 12.3. The summed E-state index contributed by atoms with van der Waals surface area (Å²) in [5.74, 6) is -0.840. The van der Waals surface area contributed by atoms with Gasteiger partial charge in [-0.3, -0.25) is 9.59 Å². The van der Waals surface area contributed by atoms with Gasteiger partial charge in [-0.15, -0.1) is 0 Å². The fourth-order valence-electron chi connectivity index (χ4n) is 1.96. The minimum atomic E-state index is -0.792. The molecule has 1 fully saturated rings. The minimum absolute atomic E-state index is 0.0443. The highest BCUT2D eigenvalue weighted by atomic mass is 16.4. The molecule has 1 rings (SSSR count). The normalized spacial score (nSPS) is 24.2. The van der Waals surface area contributed by atoms with Gasteiger partial charge in [0.05, 0.1) is 5.92 Å². The van der Waals surface area contributed by atoms with E-state index in [9.17, 15) is 9.59 Å². The van der Waals surface area contributed by atoms with Crippen molar-refractivity contribution in [3.63, 3.8) is 0 Å². The third-order valence-corrected chi connectivity index (χ3v) is 3.24. The summed E-state index contributed by atoms with van der Waals surface area (Å²) >= 11 is 0. The maximum Gasteiger partial charge on any atom is 0.303 e. The van der Waals surface area contributed by atoms with Crippen LogP contribution in [0.5, 0.6) is 0 Å². The summed E-state index contributed by atoms with van der Waals surface area (Å²) in [7, 11) is 0.